The Morgan fingerprint density at radius 3 is 2.47 bits per heavy atom. The van der Waals surface area contributed by atoms with Crippen molar-refractivity contribution in [1.29, 1.82) is 0 Å². The maximum absolute atomic E-state index is 3.65. The van der Waals surface area contributed by atoms with E-state index in [1.807, 2.05) is 0 Å². The summed E-state index contributed by atoms with van der Waals surface area (Å²) in [5, 5.41) is 3.65. The van der Waals surface area contributed by atoms with E-state index >= 15 is 0 Å². The molecular formula is C15H30N2. The molecule has 1 aliphatic carbocycles. The van der Waals surface area contributed by atoms with E-state index in [0.717, 1.165) is 23.9 Å². The molecule has 0 amide bonds. The Bertz CT molecular complexity index is 221. The Labute approximate surface area is 107 Å². The fraction of sp³-hybridized carbons (Fsp3) is 1.00. The molecule has 0 aromatic carbocycles. The van der Waals surface area contributed by atoms with Crippen LogP contribution in [0, 0.1) is 11.8 Å². The van der Waals surface area contributed by atoms with Crippen molar-refractivity contribution in [2.75, 3.05) is 19.6 Å². The highest BCUT2D eigenvalue weighted by atomic mass is 15.2. The van der Waals surface area contributed by atoms with Gasteiger partial charge in [-0.3, -0.25) is 4.90 Å². The third-order valence-electron chi connectivity index (χ3n) is 4.90. The SMILES string of the molecule is CCC1CN(CC2CCC(C)CC2)C(C)CN1. The van der Waals surface area contributed by atoms with Crippen LogP contribution in [0.1, 0.15) is 52.9 Å². The van der Waals surface area contributed by atoms with Crippen molar-refractivity contribution in [2.45, 2.75) is 65.0 Å². The van der Waals surface area contributed by atoms with Crippen molar-refractivity contribution in [3.8, 4) is 0 Å². The number of nitrogens with zero attached hydrogens (tertiary/aromatic N) is 1. The second kappa shape index (κ2) is 6.19. The van der Waals surface area contributed by atoms with Gasteiger partial charge < -0.3 is 5.32 Å². The molecule has 1 N–H and O–H groups in total. The van der Waals surface area contributed by atoms with Crippen LogP contribution in [0.3, 0.4) is 0 Å². The zero-order valence-corrected chi connectivity index (χ0v) is 11.9. The summed E-state index contributed by atoms with van der Waals surface area (Å²) in [6, 6.07) is 1.46. The van der Waals surface area contributed by atoms with Gasteiger partial charge in [-0.1, -0.05) is 26.7 Å². The summed E-state index contributed by atoms with van der Waals surface area (Å²) < 4.78 is 0. The van der Waals surface area contributed by atoms with Gasteiger partial charge in [-0.05, 0) is 38.0 Å². The minimum atomic E-state index is 0.730. The highest BCUT2D eigenvalue weighted by Gasteiger charge is 2.27. The van der Waals surface area contributed by atoms with Crippen LogP contribution in [-0.2, 0) is 0 Å². The Hall–Kier alpha value is -0.0800. The van der Waals surface area contributed by atoms with Crippen molar-refractivity contribution in [1.82, 2.24) is 10.2 Å². The molecule has 0 aromatic heterocycles. The number of nitrogens with one attached hydrogen (secondary N) is 1. The quantitative estimate of drug-likeness (QED) is 0.813. The lowest BCUT2D eigenvalue weighted by molar-refractivity contribution is 0.102. The van der Waals surface area contributed by atoms with Gasteiger partial charge in [0.25, 0.3) is 0 Å². The highest BCUT2D eigenvalue weighted by Crippen LogP contribution is 2.29. The van der Waals surface area contributed by atoms with Gasteiger partial charge in [0, 0.05) is 31.7 Å². The first-order chi connectivity index (χ1) is 8.19. The van der Waals surface area contributed by atoms with Crippen molar-refractivity contribution in [2.24, 2.45) is 11.8 Å². The highest BCUT2D eigenvalue weighted by molar-refractivity contribution is 4.85. The number of rotatable bonds is 3. The van der Waals surface area contributed by atoms with E-state index in [0.29, 0.717) is 0 Å². The second-order valence-corrected chi connectivity index (χ2v) is 6.44. The molecule has 0 spiro atoms. The first kappa shape index (κ1) is 13.4. The van der Waals surface area contributed by atoms with Crippen LogP contribution in [0.2, 0.25) is 0 Å². The Morgan fingerprint density at radius 2 is 1.82 bits per heavy atom. The molecule has 17 heavy (non-hydrogen) atoms. The number of piperazine rings is 1. The van der Waals surface area contributed by atoms with E-state index < -0.39 is 0 Å². The number of hydrogen-bond acceptors (Lipinski definition) is 2. The molecule has 2 heteroatoms. The molecule has 1 saturated heterocycles. The minimum absolute atomic E-state index is 0.730. The molecule has 0 aromatic rings. The zero-order valence-electron chi connectivity index (χ0n) is 11.9. The molecule has 2 nitrogen and oxygen atoms in total. The lowest BCUT2D eigenvalue weighted by atomic mass is 9.82. The van der Waals surface area contributed by atoms with Gasteiger partial charge in [0.2, 0.25) is 0 Å². The molecule has 2 unspecified atom stereocenters. The monoisotopic (exact) mass is 238 g/mol. The van der Waals surface area contributed by atoms with Crippen LogP contribution in [-0.4, -0.2) is 36.6 Å². The summed E-state index contributed by atoms with van der Waals surface area (Å²) in [5.74, 6) is 1.96. The van der Waals surface area contributed by atoms with Crippen LogP contribution in [0.5, 0.6) is 0 Å². The van der Waals surface area contributed by atoms with Crippen LogP contribution in [0.4, 0.5) is 0 Å². The summed E-state index contributed by atoms with van der Waals surface area (Å²) in [4.78, 5) is 2.74. The zero-order chi connectivity index (χ0) is 12.3. The van der Waals surface area contributed by atoms with E-state index in [-0.39, 0.29) is 0 Å². The minimum Gasteiger partial charge on any atom is -0.311 e. The van der Waals surface area contributed by atoms with Gasteiger partial charge in [-0.2, -0.15) is 0 Å². The molecule has 2 aliphatic rings. The molecule has 100 valence electrons. The topological polar surface area (TPSA) is 15.3 Å². The number of hydrogen-bond donors (Lipinski definition) is 1. The summed E-state index contributed by atoms with van der Waals surface area (Å²) in [6.07, 6.45) is 7.12. The predicted octanol–water partition coefficient (Wildman–Crippen LogP) is 2.89. The molecule has 1 aliphatic heterocycles. The Morgan fingerprint density at radius 1 is 1.12 bits per heavy atom. The first-order valence-corrected chi connectivity index (χ1v) is 7.66. The van der Waals surface area contributed by atoms with Crippen LogP contribution in [0.25, 0.3) is 0 Å². The first-order valence-electron chi connectivity index (χ1n) is 7.66. The van der Waals surface area contributed by atoms with E-state index in [9.17, 15) is 0 Å². The molecule has 2 atom stereocenters. The third-order valence-corrected chi connectivity index (χ3v) is 4.90. The van der Waals surface area contributed by atoms with Gasteiger partial charge in [-0.25, -0.2) is 0 Å². The average Bonchev–Trinajstić information content (AvgIpc) is 2.35. The van der Waals surface area contributed by atoms with Crippen molar-refractivity contribution >= 4 is 0 Å². The standard InChI is InChI=1S/C15H30N2/c1-4-15-11-17(13(3)9-16-15)10-14-7-5-12(2)6-8-14/h12-16H,4-11H2,1-3H3. The fourth-order valence-corrected chi connectivity index (χ4v) is 3.37. The van der Waals surface area contributed by atoms with Crippen molar-refractivity contribution in [3.05, 3.63) is 0 Å². The molecule has 1 heterocycles. The summed E-state index contributed by atoms with van der Waals surface area (Å²) in [7, 11) is 0. The summed E-state index contributed by atoms with van der Waals surface area (Å²) in [6.45, 7) is 10.9. The van der Waals surface area contributed by atoms with Crippen LogP contribution in [0.15, 0.2) is 0 Å². The Balaban J connectivity index is 1.80. The average molecular weight is 238 g/mol. The van der Waals surface area contributed by atoms with E-state index in [1.165, 1.54) is 51.7 Å². The third kappa shape index (κ3) is 3.69. The lowest BCUT2D eigenvalue weighted by Crippen LogP contribution is -2.56. The second-order valence-electron chi connectivity index (χ2n) is 6.44. The van der Waals surface area contributed by atoms with Gasteiger partial charge in [-0.15, -0.1) is 0 Å². The summed E-state index contributed by atoms with van der Waals surface area (Å²) in [5.41, 5.74) is 0. The predicted molar refractivity (Wildman–Crippen MR) is 74.2 cm³/mol. The normalized spacial score (nSPS) is 40.4. The van der Waals surface area contributed by atoms with E-state index in [2.05, 4.69) is 31.0 Å². The largest absolute Gasteiger partial charge is 0.311 e. The van der Waals surface area contributed by atoms with E-state index in [1.54, 1.807) is 0 Å². The molecule has 0 radical (unpaired) electrons. The van der Waals surface area contributed by atoms with Crippen molar-refractivity contribution < 1.29 is 0 Å². The molecule has 2 rings (SSSR count). The molecule has 0 bridgehead atoms. The van der Waals surface area contributed by atoms with Crippen LogP contribution < -0.4 is 5.32 Å². The van der Waals surface area contributed by atoms with Gasteiger partial charge in [0.15, 0.2) is 0 Å². The molecule has 2 fully saturated rings. The Kier molecular flexibility index (Phi) is 4.87. The van der Waals surface area contributed by atoms with Gasteiger partial charge in [0.05, 0.1) is 0 Å². The lowest BCUT2D eigenvalue weighted by Gasteiger charge is -2.41. The van der Waals surface area contributed by atoms with E-state index in [4.69, 9.17) is 0 Å². The maximum atomic E-state index is 3.65. The smallest absolute Gasteiger partial charge is 0.0193 e. The summed E-state index contributed by atoms with van der Waals surface area (Å²) >= 11 is 0. The maximum Gasteiger partial charge on any atom is 0.0193 e. The molecule has 1 saturated carbocycles. The van der Waals surface area contributed by atoms with Gasteiger partial charge in [0.1, 0.15) is 0 Å². The van der Waals surface area contributed by atoms with Crippen LogP contribution >= 0.6 is 0 Å². The molecular weight excluding hydrogens is 208 g/mol. The fourth-order valence-electron chi connectivity index (χ4n) is 3.37. The van der Waals surface area contributed by atoms with Gasteiger partial charge >= 0.3 is 0 Å². The van der Waals surface area contributed by atoms with Crippen molar-refractivity contribution in [3.63, 3.8) is 0 Å².